The van der Waals surface area contributed by atoms with Gasteiger partial charge in [0.05, 0.1) is 24.0 Å². The molecule has 3 N–H and O–H groups in total. The van der Waals surface area contributed by atoms with E-state index in [0.29, 0.717) is 36.7 Å². The number of aromatic nitrogens is 1. The first-order valence-corrected chi connectivity index (χ1v) is 5.52. The van der Waals surface area contributed by atoms with Crippen LogP contribution in [0.1, 0.15) is 16.8 Å². The smallest absolute Gasteiger partial charge is 0.259 e. The van der Waals surface area contributed by atoms with Gasteiger partial charge in [0.15, 0.2) is 0 Å². The van der Waals surface area contributed by atoms with Crippen molar-refractivity contribution in [2.45, 2.75) is 18.6 Å². The standard InChI is InChI=1S/C11H13N3O3/c12-6-1-9-10(13-3-6)17-5-7-2-8(15)4-14(7)11(9)16/h1,3,7-8,15H,2,4-5,12H2/t7-,8+/m1/s1. The quantitative estimate of drug-likeness (QED) is 0.640. The van der Waals surface area contributed by atoms with Crippen LogP contribution in [0.25, 0.3) is 0 Å². The van der Waals surface area contributed by atoms with Crippen molar-refractivity contribution in [1.29, 1.82) is 0 Å². The molecule has 17 heavy (non-hydrogen) atoms. The second-order valence-corrected chi connectivity index (χ2v) is 4.43. The number of anilines is 1. The van der Waals surface area contributed by atoms with E-state index in [4.69, 9.17) is 10.5 Å². The number of pyridine rings is 1. The molecule has 2 aliphatic heterocycles. The van der Waals surface area contributed by atoms with Crippen molar-refractivity contribution in [3.63, 3.8) is 0 Å². The lowest BCUT2D eigenvalue weighted by Gasteiger charge is -2.19. The van der Waals surface area contributed by atoms with Crippen LogP contribution in [-0.2, 0) is 0 Å². The Bertz CT molecular complexity index is 477. The van der Waals surface area contributed by atoms with Crippen molar-refractivity contribution in [3.05, 3.63) is 17.8 Å². The van der Waals surface area contributed by atoms with Crippen molar-refractivity contribution in [1.82, 2.24) is 9.88 Å². The van der Waals surface area contributed by atoms with Crippen LogP contribution in [0.5, 0.6) is 5.88 Å². The largest absolute Gasteiger partial charge is 0.475 e. The van der Waals surface area contributed by atoms with E-state index in [1.54, 1.807) is 11.0 Å². The molecule has 6 heteroatoms. The summed E-state index contributed by atoms with van der Waals surface area (Å²) < 4.78 is 5.50. The monoisotopic (exact) mass is 235 g/mol. The maximum Gasteiger partial charge on any atom is 0.259 e. The molecule has 1 fully saturated rings. The average Bonchev–Trinajstić information content (AvgIpc) is 2.62. The number of carbonyl (C=O) groups excluding carboxylic acids is 1. The van der Waals surface area contributed by atoms with Gasteiger partial charge in [-0.05, 0) is 12.5 Å². The van der Waals surface area contributed by atoms with Crippen LogP contribution in [-0.4, -0.2) is 46.2 Å². The third-order valence-corrected chi connectivity index (χ3v) is 3.17. The van der Waals surface area contributed by atoms with Crippen molar-refractivity contribution >= 4 is 11.6 Å². The summed E-state index contributed by atoms with van der Waals surface area (Å²) in [6.45, 7) is 0.716. The minimum atomic E-state index is -0.469. The minimum Gasteiger partial charge on any atom is -0.475 e. The first-order chi connectivity index (χ1) is 8.15. The second kappa shape index (κ2) is 3.59. The Balaban J connectivity index is 2.02. The summed E-state index contributed by atoms with van der Waals surface area (Å²) in [6, 6.07) is 1.49. The van der Waals surface area contributed by atoms with E-state index in [9.17, 15) is 9.90 Å². The highest BCUT2D eigenvalue weighted by Crippen LogP contribution is 2.29. The van der Waals surface area contributed by atoms with E-state index in [1.165, 1.54) is 6.20 Å². The molecular formula is C11H13N3O3. The fourth-order valence-electron chi connectivity index (χ4n) is 2.37. The van der Waals surface area contributed by atoms with Gasteiger partial charge >= 0.3 is 0 Å². The first-order valence-electron chi connectivity index (χ1n) is 5.52. The molecule has 2 atom stereocenters. The fourth-order valence-corrected chi connectivity index (χ4v) is 2.37. The number of nitrogens with two attached hydrogens (primary N) is 1. The van der Waals surface area contributed by atoms with Gasteiger partial charge in [-0.2, -0.15) is 0 Å². The number of nitrogens with zero attached hydrogens (tertiary/aromatic N) is 2. The van der Waals surface area contributed by atoms with Gasteiger partial charge in [-0.1, -0.05) is 0 Å². The number of hydrogen-bond donors (Lipinski definition) is 2. The van der Waals surface area contributed by atoms with Crippen molar-refractivity contribution < 1.29 is 14.6 Å². The van der Waals surface area contributed by atoms with Gasteiger partial charge in [0.2, 0.25) is 5.88 Å². The van der Waals surface area contributed by atoms with Gasteiger partial charge in [-0.25, -0.2) is 4.98 Å². The molecule has 90 valence electrons. The molecule has 2 aliphatic rings. The number of nitrogen functional groups attached to an aromatic ring is 1. The summed E-state index contributed by atoms with van der Waals surface area (Å²) in [7, 11) is 0. The Morgan fingerprint density at radius 1 is 1.59 bits per heavy atom. The predicted molar refractivity (Wildman–Crippen MR) is 59.6 cm³/mol. The highest BCUT2D eigenvalue weighted by molar-refractivity contribution is 5.97. The van der Waals surface area contributed by atoms with Crippen molar-refractivity contribution in [2.24, 2.45) is 0 Å². The molecule has 1 amide bonds. The van der Waals surface area contributed by atoms with Gasteiger partial charge in [-0.15, -0.1) is 0 Å². The molecule has 1 aromatic rings. The number of aliphatic hydroxyl groups excluding tert-OH is 1. The zero-order valence-electron chi connectivity index (χ0n) is 9.17. The number of amides is 1. The zero-order valence-corrected chi connectivity index (χ0v) is 9.17. The van der Waals surface area contributed by atoms with E-state index in [2.05, 4.69) is 4.98 Å². The van der Waals surface area contributed by atoms with Crippen LogP contribution in [0.2, 0.25) is 0 Å². The molecule has 1 aromatic heterocycles. The topological polar surface area (TPSA) is 88.7 Å². The molecule has 0 spiro atoms. The second-order valence-electron chi connectivity index (χ2n) is 4.43. The third-order valence-electron chi connectivity index (χ3n) is 3.17. The molecule has 0 aromatic carbocycles. The summed E-state index contributed by atoms with van der Waals surface area (Å²) in [5, 5.41) is 9.58. The SMILES string of the molecule is Nc1cnc2c(c1)C(=O)N1C[C@@H](O)C[C@@H]1CO2. The number of rotatable bonds is 0. The summed E-state index contributed by atoms with van der Waals surface area (Å²) in [4.78, 5) is 17.9. The van der Waals surface area contributed by atoms with E-state index in [-0.39, 0.29) is 11.9 Å². The third kappa shape index (κ3) is 1.61. The maximum atomic E-state index is 12.3. The number of hydrogen-bond acceptors (Lipinski definition) is 5. The normalized spacial score (nSPS) is 27.1. The Morgan fingerprint density at radius 3 is 3.24 bits per heavy atom. The Kier molecular flexibility index (Phi) is 2.19. The van der Waals surface area contributed by atoms with Crippen LogP contribution < -0.4 is 10.5 Å². The summed E-state index contributed by atoms with van der Waals surface area (Å²) in [5.74, 6) is 0.159. The molecule has 0 unspecified atom stereocenters. The summed E-state index contributed by atoms with van der Waals surface area (Å²) in [6.07, 6.45) is 1.55. The number of carbonyl (C=O) groups is 1. The zero-order chi connectivity index (χ0) is 12.0. The molecule has 3 rings (SSSR count). The lowest BCUT2D eigenvalue weighted by molar-refractivity contribution is 0.0710. The molecule has 6 nitrogen and oxygen atoms in total. The van der Waals surface area contributed by atoms with Crippen LogP contribution in [0.4, 0.5) is 5.69 Å². The highest BCUT2D eigenvalue weighted by atomic mass is 16.5. The van der Waals surface area contributed by atoms with Crippen LogP contribution >= 0.6 is 0 Å². The molecule has 0 radical (unpaired) electrons. The van der Waals surface area contributed by atoms with E-state index >= 15 is 0 Å². The van der Waals surface area contributed by atoms with Gasteiger partial charge in [0.25, 0.3) is 5.91 Å². The number of fused-ring (bicyclic) bond motifs is 2. The molecule has 1 saturated heterocycles. The Labute approximate surface area is 98.0 Å². The maximum absolute atomic E-state index is 12.3. The highest BCUT2D eigenvalue weighted by Gasteiger charge is 2.38. The van der Waals surface area contributed by atoms with Crippen molar-refractivity contribution in [3.8, 4) is 5.88 Å². The minimum absolute atomic E-state index is 0.0760. The van der Waals surface area contributed by atoms with E-state index in [1.807, 2.05) is 0 Å². The van der Waals surface area contributed by atoms with Crippen LogP contribution in [0.3, 0.4) is 0 Å². The molecule has 3 heterocycles. The Morgan fingerprint density at radius 2 is 2.41 bits per heavy atom. The Hall–Kier alpha value is -1.82. The molecule has 0 aliphatic carbocycles. The van der Waals surface area contributed by atoms with Crippen molar-refractivity contribution in [2.75, 3.05) is 18.9 Å². The summed E-state index contributed by atoms with van der Waals surface area (Å²) in [5.41, 5.74) is 6.43. The molecule has 0 saturated carbocycles. The van der Waals surface area contributed by atoms with Gasteiger partial charge in [-0.3, -0.25) is 4.79 Å². The fraction of sp³-hybridized carbons (Fsp3) is 0.455. The van der Waals surface area contributed by atoms with Gasteiger partial charge in [0.1, 0.15) is 12.2 Å². The molecule has 0 bridgehead atoms. The lowest BCUT2D eigenvalue weighted by Crippen LogP contribution is -2.36. The van der Waals surface area contributed by atoms with Gasteiger partial charge < -0.3 is 20.5 Å². The van der Waals surface area contributed by atoms with Gasteiger partial charge in [0, 0.05) is 6.54 Å². The summed E-state index contributed by atoms with van der Waals surface area (Å²) >= 11 is 0. The molecular weight excluding hydrogens is 222 g/mol. The average molecular weight is 235 g/mol. The number of ether oxygens (including phenoxy) is 1. The van der Waals surface area contributed by atoms with E-state index < -0.39 is 6.10 Å². The van der Waals surface area contributed by atoms with Crippen LogP contribution in [0, 0.1) is 0 Å². The number of aliphatic hydroxyl groups is 1. The first kappa shape index (κ1) is 10.3. The predicted octanol–water partition coefficient (Wildman–Crippen LogP) is -0.368. The lowest BCUT2D eigenvalue weighted by atomic mass is 10.2. The van der Waals surface area contributed by atoms with E-state index in [0.717, 1.165) is 0 Å². The van der Waals surface area contributed by atoms with Crippen LogP contribution in [0.15, 0.2) is 12.3 Å².